The van der Waals surface area contributed by atoms with E-state index in [2.05, 4.69) is 15.3 Å². The number of nitrogens with two attached hydrogens (primary N) is 1. The van der Waals surface area contributed by atoms with Crippen LogP contribution < -0.4 is 16.0 Å². The normalized spacial score (nSPS) is 14.0. The van der Waals surface area contributed by atoms with Crippen LogP contribution in [-0.2, 0) is 4.79 Å². The summed E-state index contributed by atoms with van der Waals surface area (Å²) in [6.07, 6.45) is 3.04. The smallest absolute Gasteiger partial charge is 0.244 e. The molecule has 2 aromatic rings. The summed E-state index contributed by atoms with van der Waals surface area (Å²) >= 11 is 0. The van der Waals surface area contributed by atoms with Crippen molar-refractivity contribution in [2.75, 3.05) is 22.5 Å². The molecule has 0 radical (unpaired) electrons. The van der Waals surface area contributed by atoms with Gasteiger partial charge >= 0.3 is 0 Å². The Balaban J connectivity index is 2.07. The number of hydrogen-bond donors (Lipinski definition) is 2. The molecule has 1 aromatic heterocycles. The van der Waals surface area contributed by atoms with Crippen LogP contribution >= 0.6 is 0 Å². The van der Waals surface area contributed by atoms with Crippen LogP contribution in [0, 0.1) is 0 Å². The summed E-state index contributed by atoms with van der Waals surface area (Å²) in [6.45, 7) is 0.218. The Kier molecular flexibility index (Phi) is 2.33. The second-order valence-corrected chi connectivity index (χ2v) is 3.95. The van der Waals surface area contributed by atoms with Crippen LogP contribution in [0.4, 0.5) is 23.0 Å². The van der Waals surface area contributed by atoms with E-state index < -0.39 is 0 Å². The Labute approximate surface area is 103 Å². The number of benzene rings is 1. The zero-order valence-corrected chi connectivity index (χ0v) is 9.50. The molecule has 3 rings (SSSR count). The highest BCUT2D eigenvalue weighted by molar-refractivity contribution is 6.02. The molecule has 1 aliphatic heterocycles. The number of carbonyl (C=O) groups is 1. The number of hydrogen-bond acceptors (Lipinski definition) is 5. The minimum absolute atomic E-state index is 0.0766. The van der Waals surface area contributed by atoms with Crippen molar-refractivity contribution in [1.29, 1.82) is 0 Å². The summed E-state index contributed by atoms with van der Waals surface area (Å²) < 4.78 is 0. The van der Waals surface area contributed by atoms with E-state index in [0.717, 1.165) is 11.4 Å². The average Bonchev–Trinajstić information content (AvgIpc) is 2.38. The molecule has 0 aliphatic carbocycles. The van der Waals surface area contributed by atoms with Crippen molar-refractivity contribution >= 4 is 28.9 Å². The number of para-hydroxylation sites is 2. The number of rotatable bonds is 1. The van der Waals surface area contributed by atoms with Crippen molar-refractivity contribution < 1.29 is 4.79 Å². The molecular formula is C12H11N5O. The third-order valence-corrected chi connectivity index (χ3v) is 2.71. The first-order valence-electron chi connectivity index (χ1n) is 5.48. The van der Waals surface area contributed by atoms with E-state index in [1.165, 1.54) is 6.20 Å². The Morgan fingerprint density at radius 1 is 1.22 bits per heavy atom. The standard InChI is InChI=1S/C12H11N5O/c13-10-5-15-11(6-14-10)17-7-12(18)16-8-3-1-2-4-9(8)17/h1-6H,7H2,(H2,13,14)(H,16,18). The zero-order valence-electron chi connectivity index (χ0n) is 9.50. The lowest BCUT2D eigenvalue weighted by Crippen LogP contribution is -2.35. The van der Waals surface area contributed by atoms with Gasteiger partial charge in [-0.25, -0.2) is 9.97 Å². The largest absolute Gasteiger partial charge is 0.382 e. The number of nitrogen functional groups attached to an aromatic ring is 1. The number of amides is 1. The highest BCUT2D eigenvalue weighted by Gasteiger charge is 2.23. The molecule has 2 heterocycles. The second-order valence-electron chi connectivity index (χ2n) is 3.95. The highest BCUT2D eigenvalue weighted by Crippen LogP contribution is 2.33. The van der Waals surface area contributed by atoms with Crippen molar-refractivity contribution in [3.05, 3.63) is 36.7 Å². The zero-order chi connectivity index (χ0) is 12.5. The molecule has 0 bridgehead atoms. The fourth-order valence-corrected chi connectivity index (χ4v) is 1.91. The van der Waals surface area contributed by atoms with E-state index >= 15 is 0 Å². The van der Waals surface area contributed by atoms with Gasteiger partial charge in [0.25, 0.3) is 0 Å². The number of anilines is 4. The van der Waals surface area contributed by atoms with Gasteiger partial charge in [0.05, 0.1) is 23.8 Å². The molecule has 0 spiro atoms. The van der Waals surface area contributed by atoms with Gasteiger partial charge in [-0.2, -0.15) is 0 Å². The molecule has 0 unspecified atom stereocenters. The van der Waals surface area contributed by atoms with Crippen LogP contribution in [0.3, 0.4) is 0 Å². The first-order chi connectivity index (χ1) is 8.74. The third-order valence-electron chi connectivity index (χ3n) is 2.71. The van der Waals surface area contributed by atoms with E-state index in [-0.39, 0.29) is 12.5 Å². The summed E-state index contributed by atoms with van der Waals surface area (Å²) in [5.41, 5.74) is 7.18. The molecule has 0 saturated heterocycles. The molecule has 3 N–H and O–H groups in total. The van der Waals surface area contributed by atoms with Gasteiger partial charge in [0.1, 0.15) is 12.4 Å². The van der Waals surface area contributed by atoms with Crippen molar-refractivity contribution in [2.24, 2.45) is 0 Å². The van der Waals surface area contributed by atoms with Gasteiger partial charge < -0.3 is 16.0 Å². The maximum absolute atomic E-state index is 11.7. The van der Waals surface area contributed by atoms with Gasteiger partial charge in [-0.3, -0.25) is 4.79 Å². The molecule has 6 nitrogen and oxygen atoms in total. The number of carbonyl (C=O) groups excluding carboxylic acids is 1. The van der Waals surface area contributed by atoms with Gasteiger partial charge in [-0.15, -0.1) is 0 Å². The van der Waals surface area contributed by atoms with E-state index in [0.29, 0.717) is 11.6 Å². The first kappa shape index (κ1) is 10.5. The van der Waals surface area contributed by atoms with E-state index in [1.807, 2.05) is 24.3 Å². The molecule has 1 aliphatic rings. The minimum Gasteiger partial charge on any atom is -0.382 e. The predicted molar refractivity (Wildman–Crippen MR) is 68.5 cm³/mol. The van der Waals surface area contributed by atoms with Crippen molar-refractivity contribution in [1.82, 2.24) is 9.97 Å². The minimum atomic E-state index is -0.0766. The van der Waals surface area contributed by atoms with E-state index in [4.69, 9.17) is 5.73 Å². The van der Waals surface area contributed by atoms with Crippen molar-refractivity contribution in [3.63, 3.8) is 0 Å². The molecule has 1 amide bonds. The molecule has 0 fully saturated rings. The summed E-state index contributed by atoms with van der Waals surface area (Å²) in [5, 5.41) is 2.82. The molecule has 6 heteroatoms. The summed E-state index contributed by atoms with van der Waals surface area (Å²) in [6, 6.07) is 7.56. The lowest BCUT2D eigenvalue weighted by atomic mass is 10.2. The number of nitrogens with one attached hydrogen (secondary N) is 1. The number of fused-ring (bicyclic) bond motifs is 1. The predicted octanol–water partition coefficient (Wildman–Crippen LogP) is 1.15. The highest BCUT2D eigenvalue weighted by atomic mass is 16.2. The third kappa shape index (κ3) is 1.73. The molecular weight excluding hydrogens is 230 g/mol. The Bertz CT molecular complexity index is 596. The van der Waals surface area contributed by atoms with Gasteiger partial charge in [0.2, 0.25) is 5.91 Å². The lowest BCUT2D eigenvalue weighted by molar-refractivity contribution is -0.115. The SMILES string of the molecule is Nc1cnc(N2CC(=O)Nc3ccccc32)cn1. The van der Waals surface area contributed by atoms with E-state index in [1.54, 1.807) is 11.1 Å². The average molecular weight is 241 g/mol. The first-order valence-corrected chi connectivity index (χ1v) is 5.48. The Morgan fingerprint density at radius 3 is 2.83 bits per heavy atom. The van der Waals surface area contributed by atoms with Crippen molar-refractivity contribution in [3.8, 4) is 0 Å². The molecule has 90 valence electrons. The van der Waals surface area contributed by atoms with Gasteiger partial charge in [0.15, 0.2) is 5.82 Å². The molecule has 1 aromatic carbocycles. The van der Waals surface area contributed by atoms with Crippen LogP contribution in [0.1, 0.15) is 0 Å². The monoisotopic (exact) mass is 241 g/mol. The van der Waals surface area contributed by atoms with E-state index in [9.17, 15) is 4.79 Å². The quantitative estimate of drug-likeness (QED) is 0.782. The molecule has 18 heavy (non-hydrogen) atoms. The number of nitrogens with zero attached hydrogens (tertiary/aromatic N) is 3. The Morgan fingerprint density at radius 2 is 2.06 bits per heavy atom. The molecule has 0 atom stereocenters. The van der Waals surface area contributed by atoms with Crippen LogP contribution in [0.5, 0.6) is 0 Å². The fourth-order valence-electron chi connectivity index (χ4n) is 1.91. The Hall–Kier alpha value is -2.63. The van der Waals surface area contributed by atoms with Gasteiger partial charge in [-0.1, -0.05) is 12.1 Å². The number of aromatic nitrogens is 2. The van der Waals surface area contributed by atoms with Gasteiger partial charge in [0, 0.05) is 0 Å². The summed E-state index contributed by atoms with van der Waals surface area (Å²) in [4.78, 5) is 21.6. The van der Waals surface area contributed by atoms with Crippen molar-refractivity contribution in [2.45, 2.75) is 0 Å². The topological polar surface area (TPSA) is 84.1 Å². The fraction of sp³-hybridized carbons (Fsp3) is 0.0833. The van der Waals surface area contributed by atoms with Crippen LogP contribution in [0.2, 0.25) is 0 Å². The summed E-state index contributed by atoms with van der Waals surface area (Å²) in [5.74, 6) is 0.882. The molecule has 0 saturated carbocycles. The second kappa shape index (κ2) is 3.99. The van der Waals surface area contributed by atoms with Crippen LogP contribution in [0.25, 0.3) is 0 Å². The maximum atomic E-state index is 11.7. The summed E-state index contributed by atoms with van der Waals surface area (Å²) in [7, 11) is 0. The maximum Gasteiger partial charge on any atom is 0.244 e. The van der Waals surface area contributed by atoms with Crippen LogP contribution in [0.15, 0.2) is 36.7 Å². The lowest BCUT2D eigenvalue weighted by Gasteiger charge is -2.29. The van der Waals surface area contributed by atoms with Crippen LogP contribution in [-0.4, -0.2) is 22.4 Å². The van der Waals surface area contributed by atoms with Gasteiger partial charge in [-0.05, 0) is 12.1 Å².